The molecule has 26 heavy (non-hydrogen) atoms. The summed E-state index contributed by atoms with van der Waals surface area (Å²) in [7, 11) is 0. The lowest BCUT2D eigenvalue weighted by Crippen LogP contribution is -2.28. The average molecular weight is 367 g/mol. The van der Waals surface area contributed by atoms with Crippen LogP contribution in [-0.2, 0) is 11.3 Å². The fraction of sp³-hybridized carbons (Fsp3) is 0.353. The van der Waals surface area contributed by atoms with Crippen LogP contribution in [0.1, 0.15) is 19.5 Å². The summed E-state index contributed by atoms with van der Waals surface area (Å²) < 4.78 is 47.7. The summed E-state index contributed by atoms with van der Waals surface area (Å²) in [5, 5.41) is 0. The van der Waals surface area contributed by atoms with E-state index in [0.717, 1.165) is 12.1 Å². The van der Waals surface area contributed by atoms with Crippen molar-refractivity contribution in [3.8, 4) is 17.0 Å². The summed E-state index contributed by atoms with van der Waals surface area (Å²) in [6.07, 6.45) is 2.45. The van der Waals surface area contributed by atoms with Crippen LogP contribution in [0.2, 0.25) is 0 Å². The minimum Gasteiger partial charge on any atom is -0.441 e. The lowest BCUT2D eigenvalue weighted by Gasteiger charge is -2.15. The van der Waals surface area contributed by atoms with Crippen LogP contribution in [0.5, 0.6) is 5.75 Å². The molecule has 2 heterocycles. The van der Waals surface area contributed by atoms with Gasteiger partial charge in [0.25, 0.3) is 0 Å². The number of hydrogen-bond donors (Lipinski definition) is 0. The number of rotatable bonds is 5. The molecule has 1 saturated heterocycles. The van der Waals surface area contributed by atoms with Crippen molar-refractivity contribution in [2.24, 2.45) is 0 Å². The molecule has 1 aliphatic rings. The van der Waals surface area contributed by atoms with E-state index >= 15 is 0 Å². The number of ether oxygens (including phenoxy) is 2. The molecule has 1 aromatic heterocycles. The average Bonchev–Trinajstić information content (AvgIpc) is 2.81. The lowest BCUT2D eigenvalue weighted by molar-refractivity contribution is -0.0521. The number of alkyl halides is 2. The van der Waals surface area contributed by atoms with Crippen molar-refractivity contribution >= 4 is 6.09 Å². The van der Waals surface area contributed by atoms with Crippen molar-refractivity contribution in [1.29, 1.82) is 0 Å². The smallest absolute Gasteiger partial charge is 0.410 e. The quantitative estimate of drug-likeness (QED) is 0.808. The highest BCUT2D eigenvalue weighted by molar-refractivity contribution is 5.70. The van der Waals surface area contributed by atoms with Crippen LogP contribution in [-0.4, -0.2) is 39.7 Å². The number of carbonyl (C=O) groups is 1. The first kappa shape index (κ1) is 18.0. The van der Waals surface area contributed by atoms with Crippen molar-refractivity contribution in [3.05, 3.63) is 42.1 Å². The van der Waals surface area contributed by atoms with Crippen LogP contribution in [0.3, 0.4) is 0 Å². The molecule has 0 aliphatic carbocycles. The molecule has 0 spiro atoms. The number of amides is 1. The van der Waals surface area contributed by atoms with Gasteiger partial charge in [0.05, 0.1) is 36.9 Å². The van der Waals surface area contributed by atoms with Crippen LogP contribution in [0.25, 0.3) is 11.3 Å². The Bertz CT molecular complexity index is 830. The summed E-state index contributed by atoms with van der Waals surface area (Å²) in [5.74, 6) is -1.48. The van der Waals surface area contributed by atoms with E-state index in [1.165, 1.54) is 23.4 Å². The van der Waals surface area contributed by atoms with E-state index in [4.69, 9.17) is 4.74 Å². The molecule has 9 heteroatoms. The van der Waals surface area contributed by atoms with E-state index in [2.05, 4.69) is 14.7 Å². The standard InChI is InChI=1S/C17H16F3N3O3/c1-17(2)9-23(16(24)26-17)8-11-6-21-7-13(22-11)10-3-4-12(18)14(5-10)25-15(19)20/h3-7,15H,8-9H2,1-2H3. The summed E-state index contributed by atoms with van der Waals surface area (Å²) >= 11 is 0. The Kier molecular flexibility index (Phi) is 4.71. The molecule has 1 aliphatic heterocycles. The van der Waals surface area contributed by atoms with Gasteiger partial charge in [-0.05, 0) is 32.0 Å². The van der Waals surface area contributed by atoms with Crippen molar-refractivity contribution in [2.45, 2.75) is 32.6 Å². The molecular formula is C17H16F3N3O3. The summed E-state index contributed by atoms with van der Waals surface area (Å²) in [5.41, 5.74) is 0.604. The van der Waals surface area contributed by atoms with Gasteiger partial charge >= 0.3 is 12.7 Å². The Balaban J connectivity index is 1.83. The Morgan fingerprint density at radius 2 is 2.12 bits per heavy atom. The van der Waals surface area contributed by atoms with Crippen molar-refractivity contribution in [3.63, 3.8) is 0 Å². The van der Waals surface area contributed by atoms with Crippen LogP contribution in [0.15, 0.2) is 30.6 Å². The van der Waals surface area contributed by atoms with Crippen LogP contribution in [0.4, 0.5) is 18.0 Å². The van der Waals surface area contributed by atoms with Gasteiger partial charge in [-0.25, -0.2) is 14.2 Å². The molecule has 2 aromatic rings. The minimum atomic E-state index is -3.14. The highest BCUT2D eigenvalue weighted by atomic mass is 19.3. The number of nitrogens with zero attached hydrogens (tertiary/aromatic N) is 3. The zero-order valence-electron chi connectivity index (χ0n) is 14.1. The predicted molar refractivity (Wildman–Crippen MR) is 85.0 cm³/mol. The van der Waals surface area contributed by atoms with Gasteiger partial charge in [0.2, 0.25) is 0 Å². The fourth-order valence-electron chi connectivity index (χ4n) is 2.64. The van der Waals surface area contributed by atoms with E-state index in [0.29, 0.717) is 23.5 Å². The van der Waals surface area contributed by atoms with Gasteiger partial charge < -0.3 is 9.47 Å². The Morgan fingerprint density at radius 3 is 2.77 bits per heavy atom. The maximum absolute atomic E-state index is 13.6. The molecule has 0 bridgehead atoms. The molecule has 6 nitrogen and oxygen atoms in total. The molecule has 0 radical (unpaired) electrons. The molecule has 3 rings (SSSR count). The number of halogens is 3. The maximum Gasteiger partial charge on any atom is 0.410 e. The molecule has 0 atom stereocenters. The highest BCUT2D eigenvalue weighted by Gasteiger charge is 2.37. The van der Waals surface area contributed by atoms with E-state index in [9.17, 15) is 18.0 Å². The minimum absolute atomic E-state index is 0.185. The van der Waals surface area contributed by atoms with E-state index in [1.807, 2.05) is 0 Å². The number of carbonyl (C=O) groups excluding carboxylic acids is 1. The van der Waals surface area contributed by atoms with Gasteiger partial charge in [0, 0.05) is 5.56 Å². The predicted octanol–water partition coefficient (Wildman–Crippen LogP) is 3.61. The highest BCUT2D eigenvalue weighted by Crippen LogP contribution is 2.27. The lowest BCUT2D eigenvalue weighted by atomic mass is 10.1. The van der Waals surface area contributed by atoms with Crippen molar-refractivity contribution in [1.82, 2.24) is 14.9 Å². The monoisotopic (exact) mass is 367 g/mol. The second-order valence-electron chi connectivity index (χ2n) is 6.40. The maximum atomic E-state index is 13.6. The number of aromatic nitrogens is 2. The van der Waals surface area contributed by atoms with Gasteiger partial charge in [-0.15, -0.1) is 0 Å². The van der Waals surface area contributed by atoms with Crippen molar-refractivity contribution in [2.75, 3.05) is 6.54 Å². The van der Waals surface area contributed by atoms with E-state index in [-0.39, 0.29) is 6.54 Å². The topological polar surface area (TPSA) is 64.5 Å². The van der Waals surface area contributed by atoms with E-state index < -0.39 is 29.9 Å². The molecule has 0 N–H and O–H groups in total. The normalized spacial score (nSPS) is 16.1. The van der Waals surface area contributed by atoms with E-state index in [1.54, 1.807) is 13.8 Å². The molecular weight excluding hydrogens is 351 g/mol. The largest absolute Gasteiger partial charge is 0.441 e. The number of hydrogen-bond acceptors (Lipinski definition) is 5. The zero-order chi connectivity index (χ0) is 18.9. The third-order valence-electron chi connectivity index (χ3n) is 3.67. The van der Waals surface area contributed by atoms with Crippen LogP contribution in [0, 0.1) is 5.82 Å². The SMILES string of the molecule is CC1(C)CN(Cc2cncc(-c3ccc(F)c(OC(F)F)c3)n2)C(=O)O1. The second kappa shape index (κ2) is 6.81. The number of benzene rings is 1. The number of cyclic esters (lactones) is 1. The van der Waals surface area contributed by atoms with Crippen LogP contribution < -0.4 is 4.74 Å². The summed E-state index contributed by atoms with van der Waals surface area (Å²) in [4.78, 5) is 21.8. The van der Waals surface area contributed by atoms with Crippen LogP contribution >= 0.6 is 0 Å². The molecule has 1 fully saturated rings. The Morgan fingerprint density at radius 1 is 1.35 bits per heavy atom. The fourth-order valence-corrected chi connectivity index (χ4v) is 2.64. The third kappa shape index (κ3) is 4.04. The summed E-state index contributed by atoms with van der Waals surface area (Å²) in [6, 6.07) is 3.53. The Labute approximate surface area is 147 Å². The first-order valence-corrected chi connectivity index (χ1v) is 7.77. The second-order valence-corrected chi connectivity index (χ2v) is 6.40. The van der Waals surface area contributed by atoms with Gasteiger partial charge in [0.15, 0.2) is 11.6 Å². The molecule has 0 unspecified atom stereocenters. The molecule has 138 valence electrons. The third-order valence-corrected chi connectivity index (χ3v) is 3.67. The Hall–Kier alpha value is -2.84. The van der Waals surface area contributed by atoms with Crippen molar-refractivity contribution < 1.29 is 27.4 Å². The van der Waals surface area contributed by atoms with Gasteiger partial charge in [0.1, 0.15) is 5.60 Å². The first-order valence-electron chi connectivity index (χ1n) is 7.77. The first-order chi connectivity index (χ1) is 12.2. The molecule has 1 aromatic carbocycles. The van der Waals surface area contributed by atoms with Gasteiger partial charge in [-0.2, -0.15) is 8.78 Å². The molecule has 0 saturated carbocycles. The zero-order valence-corrected chi connectivity index (χ0v) is 14.1. The summed E-state index contributed by atoms with van der Waals surface area (Å²) in [6.45, 7) is 1.05. The van der Waals surface area contributed by atoms with Gasteiger partial charge in [-0.3, -0.25) is 9.88 Å². The molecule has 1 amide bonds. The van der Waals surface area contributed by atoms with Gasteiger partial charge in [-0.1, -0.05) is 0 Å².